The fourth-order valence-electron chi connectivity index (χ4n) is 3.40. The predicted octanol–water partition coefficient (Wildman–Crippen LogP) is 5.67. The second-order valence-corrected chi connectivity index (χ2v) is 9.95. The van der Waals surface area contributed by atoms with E-state index in [1.807, 2.05) is 39.0 Å². The average Bonchev–Trinajstić information content (AvgIpc) is 2.68. The first kappa shape index (κ1) is 25.2. The molecule has 2 aromatic carbocycles. The molecule has 1 unspecified atom stereocenters. The Morgan fingerprint density at radius 3 is 2.06 bits per heavy atom. The van der Waals surface area contributed by atoms with Crippen molar-refractivity contribution in [2.24, 2.45) is 0 Å². The molecule has 6 heteroatoms. The predicted molar refractivity (Wildman–Crippen MR) is 124 cm³/mol. The molecule has 6 nitrogen and oxygen atoms in total. The minimum absolute atomic E-state index is 0.172. The van der Waals surface area contributed by atoms with Gasteiger partial charge in [0.2, 0.25) is 0 Å². The molecule has 0 spiro atoms. The third-order valence-electron chi connectivity index (χ3n) is 5.14. The molecule has 0 bridgehead atoms. The first-order valence-corrected chi connectivity index (χ1v) is 10.8. The number of carboxylic acid groups (broad SMARTS) is 2. The van der Waals surface area contributed by atoms with Crippen molar-refractivity contribution in [1.29, 1.82) is 0 Å². The summed E-state index contributed by atoms with van der Waals surface area (Å²) in [5, 5.41) is 18.9. The summed E-state index contributed by atoms with van der Waals surface area (Å²) in [6.45, 7) is 12.4. The molecule has 0 saturated heterocycles. The lowest BCUT2D eigenvalue weighted by Crippen LogP contribution is -2.29. The standard InChI is InChI=1S/C26H34O6/c1-25(2,3)18-10-7-8-11-21(18)32-22(24(29)30)12-9-15-31-20-14-13-17(23(27)28)16-19(20)26(4,5)6/h7-8,10-11,13-14,16,22H,9,12,15H2,1-6H3,(H,27,28)(H,29,30). The van der Waals surface area contributed by atoms with Crippen molar-refractivity contribution in [1.82, 2.24) is 0 Å². The molecule has 0 aromatic heterocycles. The Bertz CT molecular complexity index is 950. The Morgan fingerprint density at radius 2 is 1.50 bits per heavy atom. The number of benzene rings is 2. The van der Waals surface area contributed by atoms with Gasteiger partial charge in [-0.25, -0.2) is 9.59 Å². The van der Waals surface area contributed by atoms with Crippen molar-refractivity contribution in [2.75, 3.05) is 6.61 Å². The Kier molecular flexibility index (Phi) is 7.94. The second kappa shape index (κ2) is 10.1. The minimum Gasteiger partial charge on any atom is -0.493 e. The van der Waals surface area contributed by atoms with Crippen LogP contribution in [0.1, 0.15) is 75.9 Å². The molecule has 1 atom stereocenters. The number of ether oxygens (including phenoxy) is 2. The van der Waals surface area contributed by atoms with Gasteiger partial charge in [-0.15, -0.1) is 0 Å². The summed E-state index contributed by atoms with van der Waals surface area (Å²) in [5.74, 6) is -0.824. The monoisotopic (exact) mass is 442 g/mol. The fourth-order valence-corrected chi connectivity index (χ4v) is 3.40. The summed E-state index contributed by atoms with van der Waals surface area (Å²) in [4.78, 5) is 23.1. The van der Waals surface area contributed by atoms with E-state index in [1.54, 1.807) is 18.2 Å². The van der Waals surface area contributed by atoms with E-state index in [0.717, 1.165) is 11.1 Å². The highest BCUT2D eigenvalue weighted by Crippen LogP contribution is 2.33. The van der Waals surface area contributed by atoms with Crippen molar-refractivity contribution < 1.29 is 29.3 Å². The van der Waals surface area contributed by atoms with Crippen molar-refractivity contribution in [3.8, 4) is 11.5 Å². The zero-order valence-electron chi connectivity index (χ0n) is 19.8. The molecule has 0 aliphatic heterocycles. The summed E-state index contributed by atoms with van der Waals surface area (Å²) in [6.07, 6.45) is -0.233. The number of carboxylic acids is 2. The van der Waals surface area contributed by atoms with Crippen molar-refractivity contribution >= 4 is 11.9 Å². The molecule has 0 aliphatic rings. The lowest BCUT2D eigenvalue weighted by Gasteiger charge is -2.25. The second-order valence-electron chi connectivity index (χ2n) is 9.95. The van der Waals surface area contributed by atoms with E-state index >= 15 is 0 Å². The highest BCUT2D eigenvalue weighted by atomic mass is 16.5. The third kappa shape index (κ3) is 6.74. The number of hydrogen-bond acceptors (Lipinski definition) is 4. The Morgan fingerprint density at radius 1 is 0.875 bits per heavy atom. The van der Waals surface area contributed by atoms with Gasteiger partial charge in [0.15, 0.2) is 6.10 Å². The van der Waals surface area contributed by atoms with Crippen LogP contribution in [0.5, 0.6) is 11.5 Å². The molecular formula is C26H34O6. The van der Waals surface area contributed by atoms with Crippen molar-refractivity contribution in [2.45, 2.75) is 71.3 Å². The zero-order valence-corrected chi connectivity index (χ0v) is 19.8. The van der Waals surface area contributed by atoms with Crippen LogP contribution in [-0.4, -0.2) is 34.9 Å². The van der Waals surface area contributed by atoms with Crippen LogP contribution in [0, 0.1) is 0 Å². The average molecular weight is 443 g/mol. The number of para-hydroxylation sites is 1. The first-order valence-electron chi connectivity index (χ1n) is 10.8. The van der Waals surface area contributed by atoms with Gasteiger partial charge in [0.1, 0.15) is 11.5 Å². The topological polar surface area (TPSA) is 93.1 Å². The third-order valence-corrected chi connectivity index (χ3v) is 5.14. The molecule has 0 heterocycles. The van der Waals surface area contributed by atoms with Crippen LogP contribution in [0.2, 0.25) is 0 Å². The van der Waals surface area contributed by atoms with Gasteiger partial charge in [-0.05, 0) is 53.5 Å². The first-order chi connectivity index (χ1) is 14.8. The summed E-state index contributed by atoms with van der Waals surface area (Å²) in [6, 6.07) is 12.3. The van der Waals surface area contributed by atoms with Crippen molar-refractivity contribution in [3.05, 3.63) is 59.2 Å². The number of hydrogen-bond donors (Lipinski definition) is 2. The normalized spacial score (nSPS) is 12.8. The van der Waals surface area contributed by atoms with Gasteiger partial charge in [0, 0.05) is 5.56 Å². The van der Waals surface area contributed by atoms with Crippen LogP contribution in [0.15, 0.2) is 42.5 Å². The Labute approximate surface area is 190 Å². The highest BCUT2D eigenvalue weighted by Gasteiger charge is 2.25. The largest absolute Gasteiger partial charge is 0.493 e. The molecule has 0 aliphatic carbocycles. The van der Waals surface area contributed by atoms with E-state index in [2.05, 4.69) is 20.8 Å². The van der Waals surface area contributed by atoms with Gasteiger partial charge in [0.05, 0.1) is 12.2 Å². The lowest BCUT2D eigenvalue weighted by atomic mass is 9.85. The molecule has 0 fully saturated rings. The van der Waals surface area contributed by atoms with E-state index < -0.39 is 18.0 Å². The molecule has 0 saturated carbocycles. The van der Waals surface area contributed by atoms with Crippen LogP contribution in [0.25, 0.3) is 0 Å². The van der Waals surface area contributed by atoms with E-state index in [9.17, 15) is 19.8 Å². The van der Waals surface area contributed by atoms with Crippen LogP contribution in [0.4, 0.5) is 0 Å². The van der Waals surface area contributed by atoms with Crippen LogP contribution in [0.3, 0.4) is 0 Å². The van der Waals surface area contributed by atoms with E-state index in [-0.39, 0.29) is 22.8 Å². The number of carbonyl (C=O) groups is 2. The lowest BCUT2D eigenvalue weighted by molar-refractivity contribution is -0.145. The molecular weight excluding hydrogens is 408 g/mol. The summed E-state index contributed by atoms with van der Waals surface area (Å²) < 4.78 is 11.8. The smallest absolute Gasteiger partial charge is 0.344 e. The SMILES string of the molecule is CC(C)(C)c1cc(C(=O)O)ccc1OCCCC(Oc1ccccc1C(C)(C)C)C(=O)O. The maximum Gasteiger partial charge on any atom is 0.344 e. The summed E-state index contributed by atoms with van der Waals surface area (Å²) >= 11 is 0. The van der Waals surface area contributed by atoms with Crippen LogP contribution >= 0.6 is 0 Å². The van der Waals surface area contributed by atoms with Gasteiger partial charge in [-0.2, -0.15) is 0 Å². The maximum atomic E-state index is 11.8. The Hall–Kier alpha value is -3.02. The van der Waals surface area contributed by atoms with E-state index in [4.69, 9.17) is 9.47 Å². The fraction of sp³-hybridized carbons (Fsp3) is 0.462. The van der Waals surface area contributed by atoms with Gasteiger partial charge in [0.25, 0.3) is 0 Å². The molecule has 174 valence electrons. The highest BCUT2D eigenvalue weighted by molar-refractivity contribution is 5.88. The van der Waals surface area contributed by atoms with Gasteiger partial charge < -0.3 is 19.7 Å². The van der Waals surface area contributed by atoms with Crippen LogP contribution in [-0.2, 0) is 15.6 Å². The van der Waals surface area contributed by atoms with E-state index in [1.165, 1.54) is 6.07 Å². The number of aliphatic carboxylic acids is 1. The molecule has 0 amide bonds. The molecule has 2 N–H and O–H groups in total. The quantitative estimate of drug-likeness (QED) is 0.486. The number of aromatic carboxylic acids is 1. The molecule has 0 radical (unpaired) electrons. The summed E-state index contributed by atoms with van der Waals surface area (Å²) in [5.41, 5.74) is 1.48. The van der Waals surface area contributed by atoms with E-state index in [0.29, 0.717) is 24.5 Å². The summed E-state index contributed by atoms with van der Waals surface area (Å²) in [7, 11) is 0. The molecule has 2 rings (SSSR count). The molecule has 32 heavy (non-hydrogen) atoms. The van der Waals surface area contributed by atoms with Gasteiger partial charge in [-0.1, -0.05) is 59.7 Å². The molecule has 2 aromatic rings. The van der Waals surface area contributed by atoms with Gasteiger partial charge >= 0.3 is 11.9 Å². The van der Waals surface area contributed by atoms with Gasteiger partial charge in [-0.3, -0.25) is 0 Å². The number of rotatable bonds is 9. The van der Waals surface area contributed by atoms with Crippen molar-refractivity contribution in [3.63, 3.8) is 0 Å². The Balaban J connectivity index is 2.06. The maximum absolute atomic E-state index is 11.8. The van der Waals surface area contributed by atoms with Crippen LogP contribution < -0.4 is 9.47 Å². The minimum atomic E-state index is -1.02. The zero-order chi connectivity index (χ0) is 24.1.